The smallest absolute Gasteiger partial charge is 0.274 e. The Morgan fingerprint density at radius 2 is 2.19 bits per heavy atom. The molecule has 84 valence electrons. The van der Waals surface area contributed by atoms with Gasteiger partial charge in [-0.3, -0.25) is 14.9 Å². The summed E-state index contributed by atoms with van der Waals surface area (Å²) in [4.78, 5) is 22.0. The first-order valence-electron chi connectivity index (χ1n) is 5.03. The van der Waals surface area contributed by atoms with Gasteiger partial charge in [-0.15, -0.1) is 0 Å². The summed E-state index contributed by atoms with van der Waals surface area (Å²) in [6, 6.07) is 4.81. The van der Waals surface area contributed by atoms with Crippen molar-refractivity contribution in [3.05, 3.63) is 38.3 Å². The van der Waals surface area contributed by atoms with Gasteiger partial charge in [0, 0.05) is 28.4 Å². The van der Waals surface area contributed by atoms with Crippen LogP contribution in [-0.4, -0.2) is 10.7 Å². The minimum Gasteiger partial charge on any atom is -0.299 e. The molecule has 0 spiro atoms. The number of halogens is 1. The minimum absolute atomic E-state index is 0.0170. The van der Waals surface area contributed by atoms with Crippen molar-refractivity contribution in [3.63, 3.8) is 0 Å². The molecule has 0 unspecified atom stereocenters. The van der Waals surface area contributed by atoms with Crippen LogP contribution in [0.1, 0.15) is 18.4 Å². The first-order valence-corrected chi connectivity index (χ1v) is 5.83. The van der Waals surface area contributed by atoms with Gasteiger partial charge < -0.3 is 0 Å². The van der Waals surface area contributed by atoms with Crippen molar-refractivity contribution >= 4 is 27.4 Å². The summed E-state index contributed by atoms with van der Waals surface area (Å²) in [7, 11) is 0. The summed E-state index contributed by atoms with van der Waals surface area (Å²) in [6.45, 7) is 0. The number of nitro benzene ring substituents is 1. The van der Waals surface area contributed by atoms with E-state index in [0.717, 1.165) is 12.8 Å². The molecule has 1 aliphatic carbocycles. The van der Waals surface area contributed by atoms with Crippen LogP contribution >= 0.6 is 15.9 Å². The van der Waals surface area contributed by atoms with Gasteiger partial charge in [0.25, 0.3) is 5.69 Å². The van der Waals surface area contributed by atoms with Crippen LogP contribution in [-0.2, 0) is 11.2 Å². The van der Waals surface area contributed by atoms with E-state index >= 15 is 0 Å². The highest BCUT2D eigenvalue weighted by molar-refractivity contribution is 9.10. The molecule has 1 fully saturated rings. The van der Waals surface area contributed by atoms with Gasteiger partial charge in [-0.25, -0.2) is 0 Å². The van der Waals surface area contributed by atoms with Crippen molar-refractivity contribution in [2.24, 2.45) is 5.92 Å². The maximum Gasteiger partial charge on any atom is 0.274 e. The van der Waals surface area contributed by atoms with E-state index in [9.17, 15) is 14.9 Å². The normalized spacial score (nSPS) is 14.8. The summed E-state index contributed by atoms with van der Waals surface area (Å²) < 4.78 is 0.654. The zero-order chi connectivity index (χ0) is 11.7. The largest absolute Gasteiger partial charge is 0.299 e. The molecule has 0 saturated heterocycles. The van der Waals surface area contributed by atoms with E-state index in [1.807, 2.05) is 0 Å². The van der Waals surface area contributed by atoms with Gasteiger partial charge in [-0.1, -0.05) is 22.0 Å². The van der Waals surface area contributed by atoms with Gasteiger partial charge in [0.15, 0.2) is 0 Å². The molecule has 16 heavy (non-hydrogen) atoms. The van der Waals surface area contributed by atoms with Crippen molar-refractivity contribution in [2.45, 2.75) is 19.3 Å². The van der Waals surface area contributed by atoms with Gasteiger partial charge in [0.2, 0.25) is 0 Å². The maximum atomic E-state index is 11.6. The molecular weight excluding hydrogens is 274 g/mol. The molecule has 0 aliphatic heterocycles. The molecule has 5 heteroatoms. The van der Waals surface area contributed by atoms with E-state index in [1.54, 1.807) is 12.1 Å². The van der Waals surface area contributed by atoms with E-state index in [-0.39, 0.29) is 23.8 Å². The predicted molar refractivity (Wildman–Crippen MR) is 62.2 cm³/mol. The lowest BCUT2D eigenvalue weighted by Crippen LogP contribution is -2.06. The highest BCUT2D eigenvalue weighted by atomic mass is 79.9. The average molecular weight is 284 g/mol. The minimum atomic E-state index is -0.444. The molecular formula is C11H10BrNO3. The number of benzene rings is 1. The van der Waals surface area contributed by atoms with Crippen LogP contribution in [0, 0.1) is 16.0 Å². The number of carbonyl (C=O) groups is 1. The van der Waals surface area contributed by atoms with Crippen LogP contribution in [0.5, 0.6) is 0 Å². The quantitative estimate of drug-likeness (QED) is 0.631. The van der Waals surface area contributed by atoms with Gasteiger partial charge in [-0.2, -0.15) is 0 Å². The molecule has 0 heterocycles. The molecule has 0 radical (unpaired) electrons. The second-order valence-corrected chi connectivity index (χ2v) is 4.86. The van der Waals surface area contributed by atoms with Crippen molar-refractivity contribution in [2.75, 3.05) is 0 Å². The molecule has 0 aromatic heterocycles. The monoisotopic (exact) mass is 283 g/mol. The topological polar surface area (TPSA) is 60.2 Å². The Hall–Kier alpha value is -1.23. The first-order chi connectivity index (χ1) is 7.58. The molecule has 1 saturated carbocycles. The fraction of sp³-hybridized carbons (Fsp3) is 0.364. The second kappa shape index (κ2) is 4.33. The molecule has 1 aromatic carbocycles. The Morgan fingerprint density at radius 3 is 2.75 bits per heavy atom. The third-order valence-corrected chi connectivity index (χ3v) is 3.13. The van der Waals surface area contributed by atoms with Crippen LogP contribution < -0.4 is 0 Å². The average Bonchev–Trinajstić information content (AvgIpc) is 3.03. The highest BCUT2D eigenvalue weighted by Crippen LogP contribution is 2.32. The Labute approximate surface area is 101 Å². The van der Waals surface area contributed by atoms with Gasteiger partial charge in [0.05, 0.1) is 4.92 Å². The van der Waals surface area contributed by atoms with E-state index in [2.05, 4.69) is 15.9 Å². The standard InChI is InChI=1S/C11H10BrNO3/c12-9-4-3-8(10(6-9)13(15)16)5-11(14)7-1-2-7/h3-4,6-7H,1-2,5H2. The molecule has 1 aliphatic rings. The number of hydrogen-bond donors (Lipinski definition) is 0. The first kappa shape index (κ1) is 11.3. The summed E-state index contributed by atoms with van der Waals surface area (Å²) >= 11 is 3.18. The lowest BCUT2D eigenvalue weighted by molar-refractivity contribution is -0.385. The zero-order valence-electron chi connectivity index (χ0n) is 8.48. The number of nitro groups is 1. The lowest BCUT2D eigenvalue weighted by Gasteiger charge is -2.02. The van der Waals surface area contributed by atoms with E-state index in [1.165, 1.54) is 6.07 Å². The molecule has 2 rings (SSSR count). The van der Waals surface area contributed by atoms with Crippen LogP contribution in [0.3, 0.4) is 0 Å². The van der Waals surface area contributed by atoms with Crippen LogP contribution in [0.15, 0.2) is 22.7 Å². The molecule has 4 nitrogen and oxygen atoms in total. The highest BCUT2D eigenvalue weighted by Gasteiger charge is 2.30. The summed E-state index contributed by atoms with van der Waals surface area (Å²) in [5, 5.41) is 10.8. The Balaban J connectivity index is 2.24. The second-order valence-electron chi connectivity index (χ2n) is 3.95. The molecule has 0 bridgehead atoms. The molecule has 1 aromatic rings. The fourth-order valence-electron chi connectivity index (χ4n) is 1.59. The number of carbonyl (C=O) groups excluding carboxylic acids is 1. The summed E-state index contributed by atoms with van der Waals surface area (Å²) in [5.74, 6) is 0.258. The zero-order valence-corrected chi connectivity index (χ0v) is 10.1. The molecule has 0 amide bonds. The Kier molecular flexibility index (Phi) is 3.05. The Bertz CT molecular complexity index is 455. The molecule has 0 N–H and O–H groups in total. The van der Waals surface area contributed by atoms with Gasteiger partial charge in [-0.05, 0) is 18.9 Å². The van der Waals surface area contributed by atoms with Crippen molar-refractivity contribution in [1.82, 2.24) is 0 Å². The lowest BCUT2D eigenvalue weighted by atomic mass is 10.0. The molecule has 0 atom stereocenters. The van der Waals surface area contributed by atoms with Crippen molar-refractivity contribution < 1.29 is 9.72 Å². The van der Waals surface area contributed by atoms with E-state index < -0.39 is 4.92 Å². The number of rotatable bonds is 4. The summed E-state index contributed by atoms with van der Waals surface area (Å²) in [5.41, 5.74) is 0.522. The van der Waals surface area contributed by atoms with Crippen molar-refractivity contribution in [1.29, 1.82) is 0 Å². The maximum absolute atomic E-state index is 11.6. The predicted octanol–water partition coefficient (Wildman–Crippen LogP) is 2.88. The van der Waals surface area contributed by atoms with Gasteiger partial charge in [0.1, 0.15) is 5.78 Å². The number of ketones is 1. The summed E-state index contributed by atoms with van der Waals surface area (Å²) in [6.07, 6.45) is 2.04. The third kappa shape index (κ3) is 2.47. The van der Waals surface area contributed by atoms with Crippen LogP contribution in [0.25, 0.3) is 0 Å². The number of hydrogen-bond acceptors (Lipinski definition) is 3. The number of Topliss-reactive ketones (excluding diaryl/α,β-unsaturated/α-hetero) is 1. The van der Waals surface area contributed by atoms with Crippen LogP contribution in [0.4, 0.5) is 5.69 Å². The van der Waals surface area contributed by atoms with E-state index in [0.29, 0.717) is 10.0 Å². The Morgan fingerprint density at radius 1 is 1.50 bits per heavy atom. The number of nitrogens with zero attached hydrogens (tertiary/aromatic N) is 1. The van der Waals surface area contributed by atoms with Gasteiger partial charge >= 0.3 is 0 Å². The SMILES string of the molecule is O=C(Cc1ccc(Br)cc1[N+](=O)[O-])C1CC1. The van der Waals surface area contributed by atoms with E-state index in [4.69, 9.17) is 0 Å². The van der Waals surface area contributed by atoms with Crippen LogP contribution in [0.2, 0.25) is 0 Å². The third-order valence-electron chi connectivity index (χ3n) is 2.64. The fourth-order valence-corrected chi connectivity index (χ4v) is 1.94. The van der Waals surface area contributed by atoms with Crippen molar-refractivity contribution in [3.8, 4) is 0 Å².